The van der Waals surface area contributed by atoms with E-state index in [2.05, 4.69) is 29.9 Å². The Morgan fingerprint density at radius 1 is 1.06 bits per heavy atom. The van der Waals surface area contributed by atoms with Crippen molar-refractivity contribution in [1.29, 1.82) is 0 Å². The average Bonchev–Trinajstić information content (AvgIpc) is 2.43. The third kappa shape index (κ3) is 2.44. The van der Waals surface area contributed by atoms with E-state index in [1.807, 2.05) is 31.3 Å². The van der Waals surface area contributed by atoms with E-state index in [4.69, 9.17) is 0 Å². The lowest BCUT2D eigenvalue weighted by Gasteiger charge is -2.05. The molecule has 0 amide bonds. The van der Waals surface area contributed by atoms with Gasteiger partial charge >= 0.3 is 0 Å². The SMILES string of the molecule is CC[P+](=NC)c1c(O)cccc1-c1ccccc1. The largest absolute Gasteiger partial charge is 0.504 e. The summed E-state index contributed by atoms with van der Waals surface area (Å²) >= 11 is 0. The van der Waals surface area contributed by atoms with E-state index in [1.54, 1.807) is 6.07 Å². The molecule has 0 aliphatic rings. The highest BCUT2D eigenvalue weighted by atomic mass is 31.1. The lowest BCUT2D eigenvalue weighted by molar-refractivity contribution is 0.480. The zero-order chi connectivity index (χ0) is 13.0. The first-order chi connectivity index (χ1) is 8.77. The molecule has 0 fully saturated rings. The van der Waals surface area contributed by atoms with Crippen molar-refractivity contribution in [2.45, 2.75) is 6.92 Å². The molecule has 0 aliphatic heterocycles. The van der Waals surface area contributed by atoms with Gasteiger partial charge in [-0.2, -0.15) is 0 Å². The molecular weight excluding hydrogens is 241 g/mol. The van der Waals surface area contributed by atoms with E-state index in [1.165, 1.54) is 0 Å². The molecule has 0 aliphatic carbocycles. The molecule has 2 rings (SSSR count). The zero-order valence-corrected chi connectivity index (χ0v) is 11.6. The molecule has 92 valence electrons. The summed E-state index contributed by atoms with van der Waals surface area (Å²) in [5, 5.41) is 11.1. The van der Waals surface area contributed by atoms with Crippen LogP contribution in [0.2, 0.25) is 0 Å². The minimum absolute atomic E-state index is 0.356. The topological polar surface area (TPSA) is 32.6 Å². The van der Waals surface area contributed by atoms with E-state index in [0.717, 1.165) is 22.6 Å². The van der Waals surface area contributed by atoms with Crippen molar-refractivity contribution in [3.63, 3.8) is 0 Å². The van der Waals surface area contributed by atoms with Crippen LogP contribution in [0.3, 0.4) is 0 Å². The van der Waals surface area contributed by atoms with Crippen LogP contribution in [0.25, 0.3) is 11.1 Å². The fourth-order valence-corrected chi connectivity index (χ4v) is 3.67. The Hall–Kier alpha value is -1.66. The maximum Gasteiger partial charge on any atom is 0.241 e. The first-order valence-corrected chi connectivity index (χ1v) is 7.50. The fourth-order valence-electron chi connectivity index (χ4n) is 2.05. The van der Waals surface area contributed by atoms with E-state index >= 15 is 0 Å². The second kappa shape index (κ2) is 5.79. The molecule has 0 spiro atoms. The van der Waals surface area contributed by atoms with Gasteiger partial charge in [-0.25, -0.2) is 0 Å². The van der Waals surface area contributed by atoms with Crippen molar-refractivity contribution in [3.05, 3.63) is 48.5 Å². The monoisotopic (exact) mass is 258 g/mol. The molecule has 2 aromatic rings. The summed E-state index contributed by atoms with van der Waals surface area (Å²) in [5.74, 6) is 0.356. The van der Waals surface area contributed by atoms with Crippen LogP contribution in [0, 0.1) is 0 Å². The highest BCUT2D eigenvalue weighted by Gasteiger charge is 2.23. The van der Waals surface area contributed by atoms with Gasteiger partial charge in [0.15, 0.2) is 5.75 Å². The Labute approximate surface area is 109 Å². The van der Waals surface area contributed by atoms with Crippen LogP contribution in [0.5, 0.6) is 5.75 Å². The van der Waals surface area contributed by atoms with Gasteiger partial charge in [-0.3, -0.25) is 0 Å². The van der Waals surface area contributed by atoms with E-state index in [0.29, 0.717) is 5.75 Å². The highest BCUT2D eigenvalue weighted by molar-refractivity contribution is 7.56. The lowest BCUT2D eigenvalue weighted by atomic mass is 10.1. The maximum atomic E-state index is 10.1. The molecule has 1 atom stereocenters. The van der Waals surface area contributed by atoms with Crippen molar-refractivity contribution in [2.75, 3.05) is 13.2 Å². The molecule has 2 aromatic carbocycles. The van der Waals surface area contributed by atoms with Crippen molar-refractivity contribution >= 4 is 13.0 Å². The Kier molecular flexibility index (Phi) is 4.11. The van der Waals surface area contributed by atoms with Crippen LogP contribution in [-0.4, -0.2) is 18.3 Å². The molecule has 1 unspecified atom stereocenters. The van der Waals surface area contributed by atoms with Crippen LogP contribution in [0.1, 0.15) is 6.92 Å². The third-order valence-corrected chi connectivity index (χ3v) is 4.97. The predicted octanol–water partition coefficient (Wildman–Crippen LogP) is 4.00. The molecule has 0 radical (unpaired) electrons. The minimum atomic E-state index is -0.642. The number of nitrogens with zero attached hydrogens (tertiary/aromatic N) is 1. The second-order valence-corrected chi connectivity index (χ2v) is 6.23. The Bertz CT molecular complexity index is 564. The van der Waals surface area contributed by atoms with Gasteiger partial charge in [-0.15, -0.1) is 4.74 Å². The van der Waals surface area contributed by atoms with Gasteiger partial charge < -0.3 is 5.11 Å². The van der Waals surface area contributed by atoms with Crippen LogP contribution in [-0.2, 0) is 0 Å². The minimum Gasteiger partial charge on any atom is -0.504 e. The number of rotatable bonds is 3. The summed E-state index contributed by atoms with van der Waals surface area (Å²) in [6.07, 6.45) is 0.948. The van der Waals surface area contributed by atoms with Gasteiger partial charge in [0.1, 0.15) is 6.16 Å². The molecule has 1 N–H and O–H groups in total. The summed E-state index contributed by atoms with van der Waals surface area (Å²) in [4.78, 5) is 0. The average molecular weight is 258 g/mol. The molecule has 2 nitrogen and oxygen atoms in total. The molecule has 0 saturated heterocycles. The smallest absolute Gasteiger partial charge is 0.241 e. The number of hydrogen-bond acceptors (Lipinski definition) is 2. The summed E-state index contributed by atoms with van der Waals surface area (Å²) < 4.78 is 4.43. The summed E-state index contributed by atoms with van der Waals surface area (Å²) in [5.41, 5.74) is 2.22. The normalized spacial score (nSPS) is 11.6. The Morgan fingerprint density at radius 2 is 1.78 bits per heavy atom. The van der Waals surface area contributed by atoms with E-state index in [-0.39, 0.29) is 0 Å². The summed E-state index contributed by atoms with van der Waals surface area (Å²) in [6.45, 7) is 2.11. The Balaban J connectivity index is 2.66. The maximum absolute atomic E-state index is 10.1. The van der Waals surface area contributed by atoms with Crippen LogP contribution >= 0.6 is 7.71 Å². The molecule has 0 aromatic heterocycles. The van der Waals surface area contributed by atoms with Crippen molar-refractivity contribution in [2.24, 2.45) is 4.74 Å². The van der Waals surface area contributed by atoms with E-state index < -0.39 is 7.71 Å². The quantitative estimate of drug-likeness (QED) is 0.829. The van der Waals surface area contributed by atoms with E-state index in [9.17, 15) is 5.11 Å². The zero-order valence-electron chi connectivity index (χ0n) is 10.7. The molecule has 0 heterocycles. The lowest BCUT2D eigenvalue weighted by Crippen LogP contribution is -2.03. The molecule has 18 heavy (non-hydrogen) atoms. The van der Waals surface area contributed by atoms with Crippen molar-refractivity contribution < 1.29 is 5.11 Å². The number of benzene rings is 2. The van der Waals surface area contributed by atoms with Crippen LogP contribution in [0.15, 0.2) is 53.3 Å². The number of phenols is 1. The van der Waals surface area contributed by atoms with Gasteiger partial charge in [-0.05, 0) is 24.6 Å². The van der Waals surface area contributed by atoms with Crippen molar-refractivity contribution in [1.82, 2.24) is 0 Å². The highest BCUT2D eigenvalue weighted by Crippen LogP contribution is 2.34. The molecule has 0 saturated carbocycles. The van der Waals surface area contributed by atoms with Crippen LogP contribution in [0.4, 0.5) is 0 Å². The Morgan fingerprint density at radius 3 is 2.39 bits per heavy atom. The van der Waals surface area contributed by atoms with Gasteiger partial charge in [0, 0.05) is 5.56 Å². The molecule has 0 bridgehead atoms. The number of hydrogen-bond donors (Lipinski definition) is 1. The van der Waals surface area contributed by atoms with Gasteiger partial charge in [0.05, 0.1) is 7.05 Å². The van der Waals surface area contributed by atoms with Gasteiger partial charge in [0.25, 0.3) is 0 Å². The summed E-state index contributed by atoms with van der Waals surface area (Å²) in [6, 6.07) is 15.9. The number of phenolic OH excluding ortho intramolecular Hbond substituents is 1. The standard InChI is InChI=1S/C15H16NOP/c1-3-18(16-2)15-13(10-7-11-14(15)17)12-8-5-4-6-9-12/h4-11H,3H2,1-2H3/p+1. The molecule has 3 heteroatoms. The first kappa shape index (κ1) is 12.8. The third-order valence-electron chi connectivity index (χ3n) is 2.90. The van der Waals surface area contributed by atoms with Gasteiger partial charge in [0.2, 0.25) is 13.0 Å². The molecular formula is C15H17NOP+. The predicted molar refractivity (Wildman–Crippen MR) is 79.0 cm³/mol. The second-order valence-electron chi connectivity index (χ2n) is 3.96. The van der Waals surface area contributed by atoms with Crippen LogP contribution < -0.4 is 5.30 Å². The fraction of sp³-hybridized carbons (Fsp3) is 0.200. The summed E-state index contributed by atoms with van der Waals surface area (Å²) in [7, 11) is 1.19. The first-order valence-electron chi connectivity index (χ1n) is 6.02. The number of aromatic hydroxyl groups is 1. The van der Waals surface area contributed by atoms with Gasteiger partial charge in [-0.1, -0.05) is 36.4 Å². The van der Waals surface area contributed by atoms with Crippen molar-refractivity contribution in [3.8, 4) is 16.9 Å².